The minimum Gasteiger partial charge on any atom is -0.508 e. The van der Waals surface area contributed by atoms with Crippen LogP contribution in [0, 0.1) is 0 Å². The van der Waals surface area contributed by atoms with Crippen molar-refractivity contribution in [3.8, 4) is 16.9 Å². The van der Waals surface area contributed by atoms with Crippen molar-refractivity contribution in [2.24, 2.45) is 0 Å². The van der Waals surface area contributed by atoms with Gasteiger partial charge in [-0.2, -0.15) is 0 Å². The van der Waals surface area contributed by atoms with Crippen molar-refractivity contribution in [3.63, 3.8) is 0 Å². The lowest BCUT2D eigenvalue weighted by molar-refractivity contribution is 0.0342. The van der Waals surface area contributed by atoms with Crippen molar-refractivity contribution >= 4 is 17.0 Å². The Bertz CT molecular complexity index is 548. The zero-order chi connectivity index (χ0) is 13.8. The van der Waals surface area contributed by atoms with E-state index in [1.165, 1.54) is 11.1 Å². The SMILES string of the molecule is Br.Oc1ccc(-c2ccc(CN3CCOCC3)cc2)cc1. The number of phenolic OH excluding ortho intramolecular Hbond substituents is 1. The first-order valence-corrected chi connectivity index (χ1v) is 7.00. The van der Waals surface area contributed by atoms with E-state index < -0.39 is 0 Å². The van der Waals surface area contributed by atoms with Gasteiger partial charge in [-0.3, -0.25) is 4.90 Å². The zero-order valence-corrected chi connectivity index (χ0v) is 13.6. The van der Waals surface area contributed by atoms with E-state index in [2.05, 4.69) is 29.2 Å². The smallest absolute Gasteiger partial charge is 0.115 e. The maximum atomic E-state index is 9.31. The molecule has 0 aromatic heterocycles. The van der Waals surface area contributed by atoms with Gasteiger partial charge in [0.2, 0.25) is 0 Å². The van der Waals surface area contributed by atoms with Crippen LogP contribution in [0.3, 0.4) is 0 Å². The summed E-state index contributed by atoms with van der Waals surface area (Å²) in [7, 11) is 0. The third kappa shape index (κ3) is 4.30. The highest BCUT2D eigenvalue weighted by atomic mass is 79.9. The Labute approximate surface area is 135 Å². The standard InChI is InChI=1S/C17H19NO2.BrH/c19-17-7-5-16(6-8-17)15-3-1-14(2-4-15)13-18-9-11-20-12-10-18;/h1-8,19H,9-13H2;1H. The van der Waals surface area contributed by atoms with Crippen molar-refractivity contribution in [1.82, 2.24) is 4.90 Å². The number of aromatic hydroxyl groups is 1. The summed E-state index contributed by atoms with van der Waals surface area (Å²) in [6, 6.07) is 16.0. The van der Waals surface area contributed by atoms with Gasteiger partial charge < -0.3 is 9.84 Å². The van der Waals surface area contributed by atoms with Crippen LogP contribution in [0.1, 0.15) is 5.56 Å². The van der Waals surface area contributed by atoms with Crippen LogP contribution in [0.2, 0.25) is 0 Å². The molecule has 1 fully saturated rings. The predicted molar refractivity (Wildman–Crippen MR) is 90.0 cm³/mol. The molecule has 0 unspecified atom stereocenters. The topological polar surface area (TPSA) is 32.7 Å². The van der Waals surface area contributed by atoms with Gasteiger partial charge in [0.25, 0.3) is 0 Å². The highest BCUT2D eigenvalue weighted by Gasteiger charge is 2.10. The molecule has 1 heterocycles. The molecule has 1 aliphatic heterocycles. The summed E-state index contributed by atoms with van der Waals surface area (Å²) in [5.41, 5.74) is 3.63. The van der Waals surface area contributed by atoms with Gasteiger partial charge in [0.1, 0.15) is 5.75 Å². The van der Waals surface area contributed by atoms with Gasteiger partial charge in [-0.1, -0.05) is 36.4 Å². The number of nitrogens with zero attached hydrogens (tertiary/aromatic N) is 1. The monoisotopic (exact) mass is 349 g/mol. The molecule has 21 heavy (non-hydrogen) atoms. The molecule has 2 aromatic rings. The summed E-state index contributed by atoms with van der Waals surface area (Å²) in [5.74, 6) is 0.303. The van der Waals surface area contributed by atoms with Crippen molar-refractivity contribution in [2.75, 3.05) is 26.3 Å². The Morgan fingerprint density at radius 1 is 0.857 bits per heavy atom. The van der Waals surface area contributed by atoms with E-state index in [0.717, 1.165) is 38.4 Å². The number of ether oxygens (including phenoxy) is 1. The van der Waals surface area contributed by atoms with E-state index in [0.29, 0.717) is 5.75 Å². The first-order chi connectivity index (χ1) is 9.81. The quantitative estimate of drug-likeness (QED) is 0.920. The summed E-state index contributed by atoms with van der Waals surface area (Å²) in [4.78, 5) is 2.42. The molecule has 3 nitrogen and oxygen atoms in total. The second kappa shape index (κ2) is 7.59. The van der Waals surface area contributed by atoms with Crippen molar-refractivity contribution in [1.29, 1.82) is 0 Å². The Morgan fingerprint density at radius 3 is 1.95 bits per heavy atom. The minimum absolute atomic E-state index is 0. The fourth-order valence-electron chi connectivity index (χ4n) is 2.47. The first-order valence-electron chi connectivity index (χ1n) is 7.00. The van der Waals surface area contributed by atoms with E-state index in [4.69, 9.17) is 4.74 Å². The third-order valence-electron chi connectivity index (χ3n) is 3.66. The number of benzene rings is 2. The maximum Gasteiger partial charge on any atom is 0.115 e. The largest absolute Gasteiger partial charge is 0.508 e. The van der Waals surface area contributed by atoms with Crippen LogP contribution in [-0.2, 0) is 11.3 Å². The number of phenols is 1. The summed E-state index contributed by atoms with van der Waals surface area (Å²) < 4.78 is 5.36. The molecule has 4 heteroatoms. The van der Waals surface area contributed by atoms with Gasteiger partial charge in [0.15, 0.2) is 0 Å². The van der Waals surface area contributed by atoms with Gasteiger partial charge in [-0.25, -0.2) is 0 Å². The van der Waals surface area contributed by atoms with E-state index in [1.54, 1.807) is 12.1 Å². The minimum atomic E-state index is 0. The van der Waals surface area contributed by atoms with Crippen molar-refractivity contribution in [2.45, 2.75) is 6.54 Å². The van der Waals surface area contributed by atoms with Gasteiger partial charge in [0, 0.05) is 19.6 Å². The Hall–Kier alpha value is -1.36. The summed E-state index contributed by atoms with van der Waals surface area (Å²) >= 11 is 0. The predicted octanol–water partition coefficient (Wildman–Crippen LogP) is 3.47. The van der Waals surface area contributed by atoms with Crippen LogP contribution in [0.15, 0.2) is 48.5 Å². The Morgan fingerprint density at radius 2 is 1.38 bits per heavy atom. The normalized spacial score (nSPS) is 15.4. The van der Waals surface area contributed by atoms with Crippen LogP contribution in [0.25, 0.3) is 11.1 Å². The molecule has 0 amide bonds. The average molecular weight is 350 g/mol. The molecule has 2 aromatic carbocycles. The van der Waals surface area contributed by atoms with E-state index in [9.17, 15) is 5.11 Å². The molecule has 112 valence electrons. The third-order valence-corrected chi connectivity index (χ3v) is 3.66. The van der Waals surface area contributed by atoms with E-state index in [-0.39, 0.29) is 17.0 Å². The van der Waals surface area contributed by atoms with Gasteiger partial charge in [-0.15, -0.1) is 17.0 Å². The lowest BCUT2D eigenvalue weighted by Crippen LogP contribution is -2.35. The van der Waals surface area contributed by atoms with Gasteiger partial charge in [0.05, 0.1) is 13.2 Å². The van der Waals surface area contributed by atoms with Gasteiger partial charge >= 0.3 is 0 Å². The molecule has 0 bridgehead atoms. The molecular formula is C17H20BrNO2. The highest BCUT2D eigenvalue weighted by Crippen LogP contribution is 2.22. The van der Waals surface area contributed by atoms with Gasteiger partial charge in [-0.05, 0) is 28.8 Å². The molecule has 1 N–H and O–H groups in total. The number of halogens is 1. The molecule has 0 saturated carbocycles. The number of hydrogen-bond acceptors (Lipinski definition) is 3. The molecule has 0 atom stereocenters. The van der Waals surface area contributed by atoms with Crippen LogP contribution in [-0.4, -0.2) is 36.3 Å². The fourth-order valence-corrected chi connectivity index (χ4v) is 2.47. The average Bonchev–Trinajstić information content (AvgIpc) is 2.50. The van der Waals surface area contributed by atoms with Crippen LogP contribution in [0.5, 0.6) is 5.75 Å². The molecule has 0 aliphatic carbocycles. The van der Waals surface area contributed by atoms with Crippen LogP contribution < -0.4 is 0 Å². The number of morpholine rings is 1. The summed E-state index contributed by atoms with van der Waals surface area (Å²) in [5, 5.41) is 9.31. The summed E-state index contributed by atoms with van der Waals surface area (Å²) in [6.45, 7) is 4.69. The molecule has 1 aliphatic rings. The summed E-state index contributed by atoms with van der Waals surface area (Å²) in [6.07, 6.45) is 0. The number of hydrogen-bond donors (Lipinski definition) is 1. The highest BCUT2D eigenvalue weighted by molar-refractivity contribution is 8.93. The second-order valence-corrected chi connectivity index (χ2v) is 5.13. The van der Waals surface area contributed by atoms with Crippen LogP contribution in [0.4, 0.5) is 0 Å². The van der Waals surface area contributed by atoms with Crippen LogP contribution >= 0.6 is 17.0 Å². The first kappa shape index (κ1) is 16.0. The maximum absolute atomic E-state index is 9.31. The van der Waals surface area contributed by atoms with Crippen molar-refractivity contribution < 1.29 is 9.84 Å². The Kier molecular flexibility index (Phi) is 5.79. The fraction of sp³-hybridized carbons (Fsp3) is 0.294. The molecule has 3 rings (SSSR count). The molecular weight excluding hydrogens is 330 g/mol. The van der Waals surface area contributed by atoms with E-state index in [1.807, 2.05) is 12.1 Å². The van der Waals surface area contributed by atoms with Crippen molar-refractivity contribution in [3.05, 3.63) is 54.1 Å². The van der Waals surface area contributed by atoms with E-state index >= 15 is 0 Å². The second-order valence-electron chi connectivity index (χ2n) is 5.13. The Balaban J connectivity index is 0.00000161. The lowest BCUT2D eigenvalue weighted by Gasteiger charge is -2.26. The number of rotatable bonds is 3. The molecule has 0 spiro atoms. The molecule has 1 saturated heterocycles. The molecule has 0 radical (unpaired) electrons. The zero-order valence-electron chi connectivity index (χ0n) is 11.9. The lowest BCUT2D eigenvalue weighted by atomic mass is 10.0.